The average molecular weight is 235 g/mol. The van der Waals surface area contributed by atoms with Crippen LogP contribution in [0.4, 0.5) is 5.82 Å². The third-order valence-electron chi connectivity index (χ3n) is 2.96. The lowest BCUT2D eigenvalue weighted by Gasteiger charge is -2.07. The van der Waals surface area contributed by atoms with Crippen LogP contribution in [0.25, 0.3) is 22.0 Å². The maximum Gasteiger partial charge on any atom is 0.126 e. The second-order valence-electron chi connectivity index (χ2n) is 4.06. The minimum atomic E-state index is 0.874. The van der Waals surface area contributed by atoms with Gasteiger partial charge in [0, 0.05) is 30.4 Å². The first-order valence-electron chi connectivity index (χ1n) is 5.86. The Morgan fingerprint density at radius 1 is 1.00 bits per heavy atom. The first kappa shape index (κ1) is 10.7. The molecule has 0 unspecified atom stereocenters. The molecule has 88 valence electrons. The zero-order valence-electron chi connectivity index (χ0n) is 10.1. The number of benzene rings is 1. The molecule has 2 heterocycles. The van der Waals surface area contributed by atoms with Crippen LogP contribution in [0.2, 0.25) is 0 Å². The van der Waals surface area contributed by atoms with Crippen LogP contribution in [0.3, 0.4) is 0 Å². The van der Waals surface area contributed by atoms with Crippen LogP contribution in [0, 0.1) is 0 Å². The molecule has 18 heavy (non-hydrogen) atoms. The van der Waals surface area contributed by atoms with E-state index in [1.807, 2.05) is 49.8 Å². The van der Waals surface area contributed by atoms with Crippen molar-refractivity contribution in [2.75, 3.05) is 12.4 Å². The van der Waals surface area contributed by atoms with Crippen molar-refractivity contribution in [2.45, 2.75) is 0 Å². The fraction of sp³-hybridized carbons (Fsp3) is 0.0667. The molecule has 0 bridgehead atoms. The first-order chi connectivity index (χ1) is 8.88. The maximum atomic E-state index is 4.58. The number of pyridine rings is 2. The Labute approximate surface area is 106 Å². The van der Waals surface area contributed by atoms with Gasteiger partial charge in [-0.3, -0.25) is 4.98 Å². The topological polar surface area (TPSA) is 37.8 Å². The summed E-state index contributed by atoms with van der Waals surface area (Å²) in [6, 6.07) is 14.2. The van der Waals surface area contributed by atoms with Gasteiger partial charge in [0.25, 0.3) is 0 Å². The Hall–Kier alpha value is -2.42. The highest BCUT2D eigenvalue weighted by molar-refractivity contribution is 5.95. The Morgan fingerprint density at radius 3 is 2.78 bits per heavy atom. The van der Waals surface area contributed by atoms with E-state index < -0.39 is 0 Å². The minimum absolute atomic E-state index is 0.874. The molecule has 0 amide bonds. The second-order valence-corrected chi connectivity index (χ2v) is 4.06. The number of anilines is 1. The zero-order valence-corrected chi connectivity index (χ0v) is 10.1. The van der Waals surface area contributed by atoms with E-state index >= 15 is 0 Å². The van der Waals surface area contributed by atoms with Gasteiger partial charge in [0.1, 0.15) is 5.82 Å². The van der Waals surface area contributed by atoms with E-state index in [9.17, 15) is 0 Å². The zero-order chi connectivity index (χ0) is 12.4. The van der Waals surface area contributed by atoms with Gasteiger partial charge in [-0.25, -0.2) is 4.98 Å². The summed E-state index contributed by atoms with van der Waals surface area (Å²) < 4.78 is 0. The van der Waals surface area contributed by atoms with Gasteiger partial charge >= 0.3 is 0 Å². The van der Waals surface area contributed by atoms with Gasteiger partial charge in [-0.15, -0.1) is 0 Å². The molecule has 3 rings (SSSR count). The number of rotatable bonds is 2. The molecular weight excluding hydrogens is 222 g/mol. The summed E-state index contributed by atoms with van der Waals surface area (Å²) in [7, 11) is 1.87. The molecule has 2 aromatic heterocycles. The summed E-state index contributed by atoms with van der Waals surface area (Å²) in [5.41, 5.74) is 2.10. The van der Waals surface area contributed by atoms with E-state index in [1.165, 1.54) is 5.39 Å². The molecule has 0 aliphatic heterocycles. The Kier molecular flexibility index (Phi) is 2.65. The molecule has 0 fully saturated rings. The summed E-state index contributed by atoms with van der Waals surface area (Å²) >= 11 is 0. The average Bonchev–Trinajstić information content (AvgIpc) is 2.47. The molecule has 1 aromatic carbocycles. The monoisotopic (exact) mass is 235 g/mol. The van der Waals surface area contributed by atoms with Crippen molar-refractivity contribution in [3.63, 3.8) is 0 Å². The molecule has 3 heteroatoms. The van der Waals surface area contributed by atoms with E-state index in [-0.39, 0.29) is 0 Å². The van der Waals surface area contributed by atoms with Crippen molar-refractivity contribution in [3.05, 3.63) is 54.9 Å². The molecule has 1 N–H and O–H groups in total. The molecule has 0 saturated carbocycles. The number of hydrogen-bond donors (Lipinski definition) is 1. The van der Waals surface area contributed by atoms with Crippen LogP contribution in [-0.4, -0.2) is 17.0 Å². The molecule has 3 aromatic rings. The summed E-state index contributed by atoms with van der Waals surface area (Å²) in [5, 5.41) is 5.37. The van der Waals surface area contributed by atoms with E-state index in [2.05, 4.69) is 27.4 Å². The van der Waals surface area contributed by atoms with Crippen LogP contribution < -0.4 is 5.32 Å². The Balaban J connectivity index is 2.24. The SMILES string of the molecule is CNc1cccc(-c2cccc3cnccc23)n1. The van der Waals surface area contributed by atoms with E-state index in [0.29, 0.717) is 0 Å². The third kappa shape index (κ3) is 1.80. The summed E-state index contributed by atoms with van der Waals surface area (Å²) in [6.45, 7) is 0. The van der Waals surface area contributed by atoms with Crippen LogP contribution in [0.1, 0.15) is 0 Å². The van der Waals surface area contributed by atoms with Crippen molar-refractivity contribution >= 4 is 16.6 Å². The van der Waals surface area contributed by atoms with Gasteiger partial charge in [0.15, 0.2) is 0 Å². The quantitative estimate of drug-likeness (QED) is 0.740. The molecule has 0 radical (unpaired) electrons. The number of nitrogens with one attached hydrogen (secondary N) is 1. The predicted molar refractivity (Wildman–Crippen MR) is 74.5 cm³/mol. The number of nitrogens with zero attached hydrogens (tertiary/aromatic N) is 2. The highest BCUT2D eigenvalue weighted by Crippen LogP contribution is 2.27. The summed E-state index contributed by atoms with van der Waals surface area (Å²) in [4.78, 5) is 8.73. The Bertz CT molecular complexity index is 687. The first-order valence-corrected chi connectivity index (χ1v) is 5.86. The number of fused-ring (bicyclic) bond motifs is 1. The molecule has 0 saturated heterocycles. The van der Waals surface area contributed by atoms with Crippen LogP contribution in [0.15, 0.2) is 54.9 Å². The van der Waals surface area contributed by atoms with Gasteiger partial charge in [0.2, 0.25) is 0 Å². The summed E-state index contributed by atoms with van der Waals surface area (Å²) in [5.74, 6) is 0.874. The van der Waals surface area contributed by atoms with Crippen molar-refractivity contribution < 1.29 is 0 Å². The Morgan fingerprint density at radius 2 is 1.89 bits per heavy atom. The van der Waals surface area contributed by atoms with Gasteiger partial charge in [-0.2, -0.15) is 0 Å². The number of aromatic nitrogens is 2. The molecule has 0 atom stereocenters. The van der Waals surface area contributed by atoms with E-state index in [1.54, 1.807) is 0 Å². The third-order valence-corrected chi connectivity index (χ3v) is 2.96. The van der Waals surface area contributed by atoms with E-state index in [0.717, 1.165) is 22.5 Å². The second kappa shape index (κ2) is 4.45. The highest BCUT2D eigenvalue weighted by atomic mass is 15.0. The van der Waals surface area contributed by atoms with Crippen molar-refractivity contribution in [2.24, 2.45) is 0 Å². The van der Waals surface area contributed by atoms with Crippen molar-refractivity contribution in [1.29, 1.82) is 0 Å². The van der Waals surface area contributed by atoms with Crippen LogP contribution in [-0.2, 0) is 0 Å². The maximum absolute atomic E-state index is 4.58. The minimum Gasteiger partial charge on any atom is -0.373 e. The van der Waals surface area contributed by atoms with Crippen LogP contribution >= 0.6 is 0 Å². The summed E-state index contributed by atoms with van der Waals surface area (Å²) in [6.07, 6.45) is 3.69. The molecule has 3 nitrogen and oxygen atoms in total. The lowest BCUT2D eigenvalue weighted by atomic mass is 10.0. The molecule has 0 spiro atoms. The fourth-order valence-corrected chi connectivity index (χ4v) is 2.07. The highest BCUT2D eigenvalue weighted by Gasteiger charge is 2.05. The smallest absolute Gasteiger partial charge is 0.126 e. The van der Waals surface area contributed by atoms with Gasteiger partial charge in [0.05, 0.1) is 5.69 Å². The predicted octanol–water partition coefficient (Wildman–Crippen LogP) is 3.34. The lowest BCUT2D eigenvalue weighted by molar-refractivity contribution is 1.29. The van der Waals surface area contributed by atoms with Crippen molar-refractivity contribution in [3.8, 4) is 11.3 Å². The lowest BCUT2D eigenvalue weighted by Crippen LogP contribution is -1.93. The van der Waals surface area contributed by atoms with E-state index in [4.69, 9.17) is 0 Å². The molecule has 0 aliphatic carbocycles. The fourth-order valence-electron chi connectivity index (χ4n) is 2.07. The largest absolute Gasteiger partial charge is 0.373 e. The standard InChI is InChI=1S/C15H13N3/c1-16-15-7-3-6-14(18-15)13-5-2-4-11-10-17-9-8-12(11)13/h2-10H,1H3,(H,16,18). The van der Waals surface area contributed by atoms with Gasteiger partial charge in [-0.1, -0.05) is 24.3 Å². The van der Waals surface area contributed by atoms with Crippen molar-refractivity contribution in [1.82, 2.24) is 9.97 Å². The van der Waals surface area contributed by atoms with Gasteiger partial charge < -0.3 is 5.32 Å². The molecule has 0 aliphatic rings. The molecular formula is C15H13N3. The van der Waals surface area contributed by atoms with Crippen LogP contribution in [0.5, 0.6) is 0 Å². The van der Waals surface area contributed by atoms with Gasteiger partial charge in [-0.05, 0) is 23.6 Å². The number of hydrogen-bond acceptors (Lipinski definition) is 3. The normalized spacial score (nSPS) is 10.5.